The maximum atomic E-state index is 12.7. The molecule has 0 unspecified atom stereocenters. The van der Waals surface area contributed by atoms with Crippen LogP contribution in [0.1, 0.15) is 37.7 Å². The van der Waals surface area contributed by atoms with Crippen LogP contribution in [0.3, 0.4) is 0 Å². The summed E-state index contributed by atoms with van der Waals surface area (Å²) in [6.45, 7) is 0.759. The molecule has 0 aliphatic heterocycles. The molecule has 1 aromatic carbocycles. The third-order valence-corrected chi connectivity index (χ3v) is 5.46. The number of rotatable bonds is 5. The molecule has 114 valence electrons. The predicted octanol–water partition coefficient (Wildman–Crippen LogP) is 1.90. The molecule has 4 nitrogen and oxygen atoms in total. The summed E-state index contributed by atoms with van der Waals surface area (Å²) >= 11 is 0. The Morgan fingerprint density at radius 3 is 2.24 bits per heavy atom. The van der Waals surface area contributed by atoms with Crippen LogP contribution in [0.25, 0.3) is 0 Å². The van der Waals surface area contributed by atoms with Crippen molar-refractivity contribution in [3.8, 4) is 0 Å². The number of amides is 1. The van der Waals surface area contributed by atoms with E-state index in [1.807, 2.05) is 24.3 Å². The standard InChI is InChI=1S/C17H25N3O/c1-20(2)16(8-3-9-16)12-19-15(21)17(10-11-17)13-4-6-14(18)7-5-13/h4-7H,3,8-12,18H2,1-2H3,(H,19,21). The van der Waals surface area contributed by atoms with Crippen LogP contribution in [0.2, 0.25) is 0 Å². The number of carbonyl (C=O) groups excluding carboxylic acids is 1. The molecule has 2 aliphatic rings. The summed E-state index contributed by atoms with van der Waals surface area (Å²) < 4.78 is 0. The topological polar surface area (TPSA) is 58.4 Å². The second-order valence-corrected chi connectivity index (χ2v) is 6.86. The second kappa shape index (κ2) is 5.02. The minimum Gasteiger partial charge on any atom is -0.399 e. The van der Waals surface area contributed by atoms with E-state index in [0.717, 1.165) is 30.6 Å². The van der Waals surface area contributed by atoms with Gasteiger partial charge in [-0.1, -0.05) is 12.1 Å². The van der Waals surface area contributed by atoms with Crippen molar-refractivity contribution in [2.75, 3.05) is 26.4 Å². The number of nitrogens with two attached hydrogens (primary N) is 1. The minimum atomic E-state index is -0.301. The highest BCUT2D eigenvalue weighted by Crippen LogP contribution is 2.48. The van der Waals surface area contributed by atoms with Gasteiger partial charge in [-0.05, 0) is 63.9 Å². The molecule has 3 rings (SSSR count). The molecule has 2 aliphatic carbocycles. The zero-order valence-corrected chi connectivity index (χ0v) is 13.0. The van der Waals surface area contributed by atoms with Gasteiger partial charge in [-0.15, -0.1) is 0 Å². The summed E-state index contributed by atoms with van der Waals surface area (Å²) in [6, 6.07) is 7.76. The molecule has 2 saturated carbocycles. The van der Waals surface area contributed by atoms with Gasteiger partial charge in [0.05, 0.1) is 5.41 Å². The first kappa shape index (κ1) is 14.4. The van der Waals surface area contributed by atoms with Crippen molar-refractivity contribution in [1.29, 1.82) is 0 Å². The van der Waals surface area contributed by atoms with E-state index in [1.165, 1.54) is 19.3 Å². The largest absolute Gasteiger partial charge is 0.399 e. The Hall–Kier alpha value is -1.55. The third-order valence-electron chi connectivity index (χ3n) is 5.46. The number of hydrogen-bond acceptors (Lipinski definition) is 3. The molecule has 3 N–H and O–H groups in total. The van der Waals surface area contributed by atoms with Crippen LogP contribution in [-0.2, 0) is 10.2 Å². The lowest BCUT2D eigenvalue weighted by atomic mass is 9.75. The van der Waals surface area contributed by atoms with E-state index < -0.39 is 0 Å². The number of hydrogen-bond donors (Lipinski definition) is 2. The van der Waals surface area contributed by atoms with Crippen LogP contribution >= 0.6 is 0 Å². The highest BCUT2D eigenvalue weighted by atomic mass is 16.2. The summed E-state index contributed by atoms with van der Waals surface area (Å²) in [7, 11) is 4.22. The first-order valence-corrected chi connectivity index (χ1v) is 7.80. The Labute approximate surface area is 126 Å². The van der Waals surface area contributed by atoms with Crippen molar-refractivity contribution < 1.29 is 4.79 Å². The van der Waals surface area contributed by atoms with Gasteiger partial charge in [0, 0.05) is 17.8 Å². The monoisotopic (exact) mass is 287 g/mol. The fourth-order valence-electron chi connectivity index (χ4n) is 3.35. The molecule has 1 amide bonds. The van der Waals surface area contributed by atoms with Crippen LogP contribution in [-0.4, -0.2) is 37.0 Å². The summed E-state index contributed by atoms with van der Waals surface area (Å²) in [5, 5.41) is 3.21. The van der Waals surface area contributed by atoms with E-state index in [2.05, 4.69) is 24.3 Å². The fourth-order valence-corrected chi connectivity index (χ4v) is 3.35. The van der Waals surface area contributed by atoms with Gasteiger partial charge < -0.3 is 16.0 Å². The van der Waals surface area contributed by atoms with Gasteiger partial charge in [-0.3, -0.25) is 4.79 Å². The van der Waals surface area contributed by atoms with Gasteiger partial charge in [0.2, 0.25) is 5.91 Å². The third kappa shape index (κ3) is 2.42. The fraction of sp³-hybridized carbons (Fsp3) is 0.588. The molecule has 4 heteroatoms. The lowest BCUT2D eigenvalue weighted by molar-refractivity contribution is -0.124. The number of likely N-dealkylation sites (N-methyl/N-ethyl adjacent to an activating group) is 1. The van der Waals surface area contributed by atoms with E-state index in [1.54, 1.807) is 0 Å². The van der Waals surface area contributed by atoms with E-state index >= 15 is 0 Å². The quantitative estimate of drug-likeness (QED) is 0.813. The van der Waals surface area contributed by atoms with Gasteiger partial charge >= 0.3 is 0 Å². The average Bonchev–Trinajstić information content (AvgIpc) is 3.19. The number of nitrogen functional groups attached to an aromatic ring is 1. The van der Waals surface area contributed by atoms with Gasteiger partial charge in [-0.2, -0.15) is 0 Å². The van der Waals surface area contributed by atoms with Gasteiger partial charge in [0.1, 0.15) is 0 Å². The Balaban J connectivity index is 1.67. The molecule has 0 heterocycles. The van der Waals surface area contributed by atoms with Crippen LogP contribution in [0.5, 0.6) is 0 Å². The minimum absolute atomic E-state index is 0.173. The molecule has 0 aromatic heterocycles. The molecule has 0 spiro atoms. The predicted molar refractivity (Wildman–Crippen MR) is 85.0 cm³/mol. The number of nitrogens with one attached hydrogen (secondary N) is 1. The summed E-state index contributed by atoms with van der Waals surface area (Å²) in [5.74, 6) is 0.181. The maximum Gasteiger partial charge on any atom is 0.230 e. The van der Waals surface area contributed by atoms with Crippen LogP contribution in [0, 0.1) is 0 Å². The van der Waals surface area contributed by atoms with Gasteiger partial charge in [-0.25, -0.2) is 0 Å². The Morgan fingerprint density at radius 2 is 1.81 bits per heavy atom. The highest BCUT2D eigenvalue weighted by molar-refractivity contribution is 5.91. The molecule has 0 atom stereocenters. The summed E-state index contributed by atoms with van der Waals surface area (Å²) in [6.07, 6.45) is 5.50. The van der Waals surface area contributed by atoms with Crippen molar-refractivity contribution >= 4 is 11.6 Å². The number of carbonyl (C=O) groups is 1. The van der Waals surface area contributed by atoms with E-state index in [9.17, 15) is 4.79 Å². The lowest BCUT2D eigenvalue weighted by Gasteiger charge is -2.47. The SMILES string of the molecule is CN(C)C1(CNC(=O)C2(c3ccc(N)cc3)CC2)CCC1. The molecule has 2 fully saturated rings. The molecule has 0 saturated heterocycles. The lowest BCUT2D eigenvalue weighted by Crippen LogP contribution is -2.58. The molecule has 21 heavy (non-hydrogen) atoms. The molecular weight excluding hydrogens is 262 g/mol. The Morgan fingerprint density at radius 1 is 1.19 bits per heavy atom. The first-order chi connectivity index (χ1) is 9.98. The zero-order chi connectivity index (χ0) is 15.1. The zero-order valence-electron chi connectivity index (χ0n) is 13.0. The van der Waals surface area contributed by atoms with Gasteiger partial charge in [0.25, 0.3) is 0 Å². The molecular formula is C17H25N3O. The summed E-state index contributed by atoms with van der Waals surface area (Å²) in [5.41, 5.74) is 7.45. The van der Waals surface area contributed by atoms with Crippen molar-refractivity contribution in [2.45, 2.75) is 43.1 Å². The number of anilines is 1. The van der Waals surface area contributed by atoms with E-state index in [-0.39, 0.29) is 16.9 Å². The van der Waals surface area contributed by atoms with Crippen molar-refractivity contribution in [3.05, 3.63) is 29.8 Å². The molecule has 1 aromatic rings. The second-order valence-electron chi connectivity index (χ2n) is 6.86. The van der Waals surface area contributed by atoms with Crippen LogP contribution in [0.15, 0.2) is 24.3 Å². The van der Waals surface area contributed by atoms with E-state index in [4.69, 9.17) is 5.73 Å². The maximum absolute atomic E-state index is 12.7. The van der Waals surface area contributed by atoms with Crippen molar-refractivity contribution in [3.63, 3.8) is 0 Å². The first-order valence-electron chi connectivity index (χ1n) is 7.80. The van der Waals surface area contributed by atoms with Gasteiger partial charge in [0.15, 0.2) is 0 Å². The Kier molecular flexibility index (Phi) is 3.44. The normalized spacial score (nSPS) is 21.7. The molecule has 0 bridgehead atoms. The van der Waals surface area contributed by atoms with Crippen LogP contribution in [0.4, 0.5) is 5.69 Å². The number of nitrogens with zero attached hydrogens (tertiary/aromatic N) is 1. The average molecular weight is 287 g/mol. The highest BCUT2D eigenvalue weighted by Gasteiger charge is 2.52. The number of benzene rings is 1. The molecule has 0 radical (unpaired) electrons. The van der Waals surface area contributed by atoms with Crippen molar-refractivity contribution in [2.24, 2.45) is 0 Å². The van der Waals surface area contributed by atoms with Crippen LogP contribution < -0.4 is 11.1 Å². The van der Waals surface area contributed by atoms with E-state index in [0.29, 0.717) is 0 Å². The van der Waals surface area contributed by atoms with Crippen molar-refractivity contribution in [1.82, 2.24) is 10.2 Å². The Bertz CT molecular complexity index is 527. The summed E-state index contributed by atoms with van der Waals surface area (Å²) in [4.78, 5) is 14.9. The smallest absolute Gasteiger partial charge is 0.230 e.